The van der Waals surface area contributed by atoms with Gasteiger partial charge in [-0.05, 0) is 24.6 Å². The Labute approximate surface area is 80.3 Å². The third-order valence-electron chi connectivity index (χ3n) is 1.73. The van der Waals surface area contributed by atoms with Crippen molar-refractivity contribution in [2.24, 2.45) is 0 Å². The SMILES string of the molecule is CCNc1nc(Cl)nc2[nH]ccc12. The Hall–Kier alpha value is -1.29. The van der Waals surface area contributed by atoms with Crippen molar-refractivity contribution in [1.82, 2.24) is 15.0 Å². The van der Waals surface area contributed by atoms with Gasteiger partial charge in [-0.2, -0.15) is 4.98 Å². The fourth-order valence-electron chi connectivity index (χ4n) is 1.22. The molecule has 0 fully saturated rings. The van der Waals surface area contributed by atoms with Gasteiger partial charge >= 0.3 is 0 Å². The summed E-state index contributed by atoms with van der Waals surface area (Å²) >= 11 is 5.73. The molecular formula is C8H9ClN4. The number of halogens is 1. The predicted molar refractivity (Wildman–Crippen MR) is 53.1 cm³/mol. The van der Waals surface area contributed by atoms with E-state index in [-0.39, 0.29) is 5.28 Å². The third kappa shape index (κ3) is 1.45. The number of H-pyrrole nitrogens is 1. The maximum absolute atomic E-state index is 5.73. The van der Waals surface area contributed by atoms with Gasteiger partial charge in [-0.25, -0.2) is 4.98 Å². The molecule has 0 bridgehead atoms. The van der Waals surface area contributed by atoms with Gasteiger partial charge in [0.15, 0.2) is 0 Å². The molecule has 0 atom stereocenters. The van der Waals surface area contributed by atoms with Crippen LogP contribution in [0.25, 0.3) is 11.0 Å². The van der Waals surface area contributed by atoms with Crippen LogP contribution in [0.5, 0.6) is 0 Å². The summed E-state index contributed by atoms with van der Waals surface area (Å²) in [5.74, 6) is 0.777. The largest absolute Gasteiger partial charge is 0.370 e. The first-order valence-corrected chi connectivity index (χ1v) is 4.43. The topological polar surface area (TPSA) is 53.6 Å². The molecule has 2 aromatic heterocycles. The molecule has 4 nitrogen and oxygen atoms in total. The van der Waals surface area contributed by atoms with Gasteiger partial charge in [-0.15, -0.1) is 0 Å². The Morgan fingerprint density at radius 1 is 1.54 bits per heavy atom. The molecule has 0 aliphatic rings. The number of hydrogen-bond donors (Lipinski definition) is 2. The fourth-order valence-corrected chi connectivity index (χ4v) is 1.39. The molecule has 0 aromatic carbocycles. The second-order valence-corrected chi connectivity index (χ2v) is 2.95. The number of aromatic amines is 1. The number of rotatable bonds is 2. The van der Waals surface area contributed by atoms with Crippen LogP contribution in [-0.4, -0.2) is 21.5 Å². The van der Waals surface area contributed by atoms with Crippen molar-refractivity contribution in [2.75, 3.05) is 11.9 Å². The van der Waals surface area contributed by atoms with Gasteiger partial charge in [-0.3, -0.25) is 0 Å². The van der Waals surface area contributed by atoms with Crippen molar-refractivity contribution in [2.45, 2.75) is 6.92 Å². The maximum Gasteiger partial charge on any atom is 0.226 e. The van der Waals surface area contributed by atoms with Crippen molar-refractivity contribution < 1.29 is 0 Å². The van der Waals surface area contributed by atoms with Gasteiger partial charge in [0.1, 0.15) is 11.5 Å². The Morgan fingerprint density at radius 2 is 2.38 bits per heavy atom. The summed E-state index contributed by atoms with van der Waals surface area (Å²) in [7, 11) is 0. The van der Waals surface area contributed by atoms with Crippen LogP contribution in [0.4, 0.5) is 5.82 Å². The molecule has 2 aromatic rings. The summed E-state index contributed by atoms with van der Waals surface area (Å²) < 4.78 is 0. The number of hydrogen-bond acceptors (Lipinski definition) is 3. The lowest BCUT2D eigenvalue weighted by Gasteiger charge is -2.02. The second-order valence-electron chi connectivity index (χ2n) is 2.61. The normalized spacial score (nSPS) is 10.6. The minimum atomic E-state index is 0.255. The zero-order chi connectivity index (χ0) is 9.26. The highest BCUT2D eigenvalue weighted by molar-refractivity contribution is 6.28. The van der Waals surface area contributed by atoms with Crippen LogP contribution in [0.2, 0.25) is 5.28 Å². The van der Waals surface area contributed by atoms with Gasteiger partial charge in [0.2, 0.25) is 5.28 Å². The lowest BCUT2D eigenvalue weighted by Crippen LogP contribution is -2.00. The minimum Gasteiger partial charge on any atom is -0.370 e. The van der Waals surface area contributed by atoms with Crippen LogP contribution < -0.4 is 5.32 Å². The molecule has 5 heteroatoms. The first-order chi connectivity index (χ1) is 6.31. The second kappa shape index (κ2) is 3.22. The van der Waals surface area contributed by atoms with Crippen LogP contribution in [0.15, 0.2) is 12.3 Å². The van der Waals surface area contributed by atoms with E-state index < -0.39 is 0 Å². The monoisotopic (exact) mass is 196 g/mol. The Bertz CT molecular complexity index is 423. The summed E-state index contributed by atoms with van der Waals surface area (Å²) in [4.78, 5) is 11.1. The van der Waals surface area contributed by atoms with Gasteiger partial charge in [0.05, 0.1) is 5.39 Å². The Balaban J connectivity index is 2.63. The molecule has 68 valence electrons. The Kier molecular flexibility index (Phi) is 2.06. The average molecular weight is 197 g/mol. The lowest BCUT2D eigenvalue weighted by atomic mass is 10.4. The summed E-state index contributed by atoms with van der Waals surface area (Å²) in [5.41, 5.74) is 0.760. The summed E-state index contributed by atoms with van der Waals surface area (Å²) in [6, 6.07) is 1.92. The molecule has 0 amide bonds. The zero-order valence-electron chi connectivity index (χ0n) is 7.13. The van der Waals surface area contributed by atoms with E-state index in [4.69, 9.17) is 11.6 Å². The van der Waals surface area contributed by atoms with Crippen molar-refractivity contribution >= 4 is 28.5 Å². The molecule has 0 spiro atoms. The molecular weight excluding hydrogens is 188 g/mol. The summed E-state index contributed by atoms with van der Waals surface area (Å²) in [6.45, 7) is 2.82. The smallest absolute Gasteiger partial charge is 0.226 e. The van der Waals surface area contributed by atoms with E-state index >= 15 is 0 Å². The van der Waals surface area contributed by atoms with E-state index in [0.717, 1.165) is 23.4 Å². The van der Waals surface area contributed by atoms with Crippen LogP contribution in [0.3, 0.4) is 0 Å². The number of anilines is 1. The van der Waals surface area contributed by atoms with Crippen LogP contribution in [0, 0.1) is 0 Å². The highest BCUT2D eigenvalue weighted by atomic mass is 35.5. The number of fused-ring (bicyclic) bond motifs is 1. The molecule has 2 N–H and O–H groups in total. The van der Waals surface area contributed by atoms with Crippen molar-refractivity contribution in [1.29, 1.82) is 0 Å². The molecule has 2 rings (SSSR count). The first-order valence-electron chi connectivity index (χ1n) is 4.05. The van der Waals surface area contributed by atoms with E-state index in [1.54, 1.807) is 0 Å². The van der Waals surface area contributed by atoms with Crippen LogP contribution in [-0.2, 0) is 0 Å². The lowest BCUT2D eigenvalue weighted by molar-refractivity contribution is 1.14. The van der Waals surface area contributed by atoms with Crippen LogP contribution >= 0.6 is 11.6 Å². The third-order valence-corrected chi connectivity index (χ3v) is 1.90. The minimum absolute atomic E-state index is 0.255. The predicted octanol–water partition coefficient (Wildman–Crippen LogP) is 2.04. The van der Waals surface area contributed by atoms with Gasteiger partial charge < -0.3 is 10.3 Å². The summed E-state index contributed by atoms with van der Waals surface area (Å²) in [6.07, 6.45) is 1.82. The molecule has 2 heterocycles. The fraction of sp³-hybridized carbons (Fsp3) is 0.250. The number of nitrogens with zero attached hydrogens (tertiary/aromatic N) is 2. The molecule has 0 saturated heterocycles. The van der Waals surface area contributed by atoms with Crippen LogP contribution in [0.1, 0.15) is 6.92 Å². The number of nitrogens with one attached hydrogen (secondary N) is 2. The van der Waals surface area contributed by atoms with E-state index in [0.29, 0.717) is 0 Å². The summed E-state index contributed by atoms with van der Waals surface area (Å²) in [5, 5.41) is 4.34. The highest BCUT2D eigenvalue weighted by Gasteiger charge is 2.05. The standard InChI is InChI=1S/C8H9ClN4/c1-2-10-6-5-3-4-11-7(5)13-8(9)12-6/h3-4H,2H2,1H3,(H2,10,11,12,13). The van der Waals surface area contributed by atoms with Gasteiger partial charge in [0, 0.05) is 12.7 Å². The molecule has 0 aliphatic carbocycles. The molecule has 0 unspecified atom stereocenters. The number of aromatic nitrogens is 3. The highest BCUT2D eigenvalue weighted by Crippen LogP contribution is 2.20. The van der Waals surface area contributed by atoms with E-state index in [1.165, 1.54) is 0 Å². The molecule has 13 heavy (non-hydrogen) atoms. The molecule has 0 saturated carbocycles. The van der Waals surface area contributed by atoms with Gasteiger partial charge in [-0.1, -0.05) is 0 Å². The maximum atomic E-state index is 5.73. The van der Waals surface area contributed by atoms with E-state index in [9.17, 15) is 0 Å². The van der Waals surface area contributed by atoms with E-state index in [1.807, 2.05) is 19.2 Å². The zero-order valence-corrected chi connectivity index (χ0v) is 7.89. The van der Waals surface area contributed by atoms with Crippen molar-refractivity contribution in [3.05, 3.63) is 17.5 Å². The molecule has 0 radical (unpaired) electrons. The quantitative estimate of drug-likeness (QED) is 0.723. The van der Waals surface area contributed by atoms with Crippen molar-refractivity contribution in [3.8, 4) is 0 Å². The average Bonchev–Trinajstić information content (AvgIpc) is 2.52. The Morgan fingerprint density at radius 3 is 3.15 bits per heavy atom. The molecule has 0 aliphatic heterocycles. The van der Waals surface area contributed by atoms with Gasteiger partial charge in [0.25, 0.3) is 0 Å². The first kappa shape index (κ1) is 8.31. The van der Waals surface area contributed by atoms with E-state index in [2.05, 4.69) is 20.3 Å². The van der Waals surface area contributed by atoms with Crippen molar-refractivity contribution in [3.63, 3.8) is 0 Å².